The number of nitro benzene ring substituents is 1. The summed E-state index contributed by atoms with van der Waals surface area (Å²) < 4.78 is 0.632. The van der Waals surface area contributed by atoms with Gasteiger partial charge in [0.1, 0.15) is 0 Å². The molecule has 19 heavy (non-hydrogen) atoms. The van der Waals surface area contributed by atoms with Crippen molar-refractivity contribution in [3.8, 4) is 0 Å². The molecule has 1 aromatic rings. The first-order chi connectivity index (χ1) is 9.13. The summed E-state index contributed by atoms with van der Waals surface area (Å²) in [7, 11) is 0. The van der Waals surface area contributed by atoms with Crippen molar-refractivity contribution in [2.24, 2.45) is 5.92 Å². The van der Waals surface area contributed by atoms with Crippen molar-refractivity contribution in [2.45, 2.75) is 19.4 Å². The van der Waals surface area contributed by atoms with Crippen LogP contribution in [0.3, 0.4) is 0 Å². The maximum absolute atomic E-state index is 10.9. The molecule has 1 N–H and O–H groups in total. The zero-order valence-corrected chi connectivity index (χ0v) is 13.2. The van der Waals surface area contributed by atoms with E-state index >= 15 is 0 Å². The molecular formula is C13H17BrN2O2S. The minimum atomic E-state index is -0.335. The minimum absolute atomic E-state index is 0.156. The van der Waals surface area contributed by atoms with E-state index in [1.165, 1.54) is 0 Å². The number of rotatable bonds is 5. The predicted octanol–water partition coefficient (Wildman–Crippen LogP) is 3.24. The number of hydrogen-bond donors (Lipinski definition) is 1. The van der Waals surface area contributed by atoms with Crippen molar-refractivity contribution in [2.75, 3.05) is 18.1 Å². The molecule has 0 aliphatic carbocycles. The Balaban J connectivity index is 2.15. The molecule has 2 atom stereocenters. The van der Waals surface area contributed by atoms with Crippen LogP contribution in [-0.2, 0) is 6.42 Å². The summed E-state index contributed by atoms with van der Waals surface area (Å²) in [4.78, 5) is 10.6. The largest absolute Gasteiger partial charge is 0.313 e. The number of halogens is 1. The predicted molar refractivity (Wildman–Crippen MR) is 82.8 cm³/mol. The average Bonchev–Trinajstić information content (AvgIpc) is 2.79. The Bertz CT molecular complexity index is 470. The van der Waals surface area contributed by atoms with Gasteiger partial charge in [-0.2, -0.15) is 11.8 Å². The van der Waals surface area contributed by atoms with Gasteiger partial charge in [-0.3, -0.25) is 10.1 Å². The van der Waals surface area contributed by atoms with Gasteiger partial charge < -0.3 is 5.32 Å². The third-order valence-corrected chi connectivity index (χ3v) is 5.58. The normalized spacial score (nSPS) is 22.6. The fourth-order valence-corrected chi connectivity index (χ4v) is 4.44. The summed E-state index contributed by atoms with van der Waals surface area (Å²) in [5.41, 5.74) is 1.19. The lowest BCUT2D eigenvalue weighted by Crippen LogP contribution is -2.36. The quantitative estimate of drug-likeness (QED) is 0.658. The molecule has 2 unspecified atom stereocenters. The standard InChI is InChI=1S/C13H17BrN2O2S/c1-2-15-11-8-19-7-10(11)6-9-4-3-5-12(13(9)14)16(17)18/h3-5,10-11,15H,2,6-8H2,1H3. The van der Waals surface area contributed by atoms with Gasteiger partial charge in [-0.25, -0.2) is 0 Å². The monoisotopic (exact) mass is 344 g/mol. The second kappa shape index (κ2) is 6.72. The van der Waals surface area contributed by atoms with E-state index in [9.17, 15) is 10.1 Å². The molecule has 1 heterocycles. The third kappa shape index (κ3) is 3.49. The van der Waals surface area contributed by atoms with Crippen molar-refractivity contribution in [1.29, 1.82) is 0 Å². The molecule has 1 aliphatic rings. The lowest BCUT2D eigenvalue weighted by Gasteiger charge is -2.20. The van der Waals surface area contributed by atoms with E-state index in [2.05, 4.69) is 28.2 Å². The van der Waals surface area contributed by atoms with E-state index in [0.29, 0.717) is 16.4 Å². The zero-order valence-electron chi connectivity index (χ0n) is 10.8. The van der Waals surface area contributed by atoms with E-state index < -0.39 is 0 Å². The summed E-state index contributed by atoms with van der Waals surface area (Å²) in [6, 6.07) is 5.80. The van der Waals surface area contributed by atoms with Crippen LogP contribution in [0.5, 0.6) is 0 Å². The van der Waals surface area contributed by atoms with Crippen LogP contribution >= 0.6 is 27.7 Å². The minimum Gasteiger partial charge on any atom is -0.313 e. The summed E-state index contributed by atoms with van der Waals surface area (Å²) in [5, 5.41) is 14.4. The molecule has 0 radical (unpaired) electrons. The molecule has 0 saturated carbocycles. The average molecular weight is 345 g/mol. The molecule has 0 aromatic heterocycles. The lowest BCUT2D eigenvalue weighted by atomic mass is 9.94. The van der Waals surface area contributed by atoms with Gasteiger partial charge >= 0.3 is 0 Å². The lowest BCUT2D eigenvalue weighted by molar-refractivity contribution is -0.385. The molecule has 1 saturated heterocycles. The van der Waals surface area contributed by atoms with Crippen molar-refractivity contribution < 1.29 is 4.92 Å². The molecule has 1 aliphatic heterocycles. The van der Waals surface area contributed by atoms with Crippen LogP contribution in [0.25, 0.3) is 0 Å². The van der Waals surface area contributed by atoms with E-state index in [-0.39, 0.29) is 10.6 Å². The fraction of sp³-hybridized carbons (Fsp3) is 0.538. The van der Waals surface area contributed by atoms with Crippen molar-refractivity contribution in [3.63, 3.8) is 0 Å². The Kier molecular flexibility index (Phi) is 5.24. The van der Waals surface area contributed by atoms with Gasteiger partial charge in [0.25, 0.3) is 5.69 Å². The molecule has 0 bridgehead atoms. The van der Waals surface area contributed by atoms with Gasteiger partial charge in [-0.05, 0) is 46.1 Å². The molecular weight excluding hydrogens is 328 g/mol. The Labute approximate surface area is 125 Å². The van der Waals surface area contributed by atoms with Crippen LogP contribution < -0.4 is 5.32 Å². The third-order valence-electron chi connectivity index (χ3n) is 3.40. The highest BCUT2D eigenvalue weighted by atomic mass is 79.9. The van der Waals surface area contributed by atoms with E-state index in [0.717, 1.165) is 30.0 Å². The van der Waals surface area contributed by atoms with Crippen LogP contribution in [0.15, 0.2) is 22.7 Å². The number of nitrogens with zero attached hydrogens (tertiary/aromatic N) is 1. The molecule has 2 rings (SSSR count). The summed E-state index contributed by atoms with van der Waals surface area (Å²) in [6.45, 7) is 3.08. The highest BCUT2D eigenvalue weighted by molar-refractivity contribution is 9.10. The van der Waals surface area contributed by atoms with Crippen LogP contribution in [-0.4, -0.2) is 29.0 Å². The van der Waals surface area contributed by atoms with Gasteiger partial charge in [-0.15, -0.1) is 0 Å². The van der Waals surface area contributed by atoms with Crippen LogP contribution in [0.2, 0.25) is 0 Å². The maximum atomic E-state index is 10.9. The number of benzene rings is 1. The smallest absolute Gasteiger partial charge is 0.283 e. The Hall–Kier alpha value is -0.590. The topological polar surface area (TPSA) is 55.2 Å². The van der Waals surface area contributed by atoms with E-state index in [1.54, 1.807) is 12.1 Å². The number of thioether (sulfide) groups is 1. The summed E-state index contributed by atoms with van der Waals surface area (Å²) in [6.07, 6.45) is 0.882. The van der Waals surface area contributed by atoms with Crippen molar-refractivity contribution in [1.82, 2.24) is 5.32 Å². The highest BCUT2D eigenvalue weighted by Gasteiger charge is 2.28. The summed E-state index contributed by atoms with van der Waals surface area (Å²) in [5.74, 6) is 2.79. The number of nitrogens with one attached hydrogen (secondary N) is 1. The molecule has 1 aromatic carbocycles. The van der Waals surface area contributed by atoms with Gasteiger partial charge in [0.2, 0.25) is 0 Å². The first-order valence-electron chi connectivity index (χ1n) is 6.36. The SMILES string of the molecule is CCNC1CSCC1Cc1cccc([N+](=O)[O-])c1Br. The molecule has 4 nitrogen and oxygen atoms in total. The second-order valence-electron chi connectivity index (χ2n) is 4.67. The Morgan fingerprint density at radius 2 is 2.32 bits per heavy atom. The van der Waals surface area contributed by atoms with Crippen LogP contribution in [0.4, 0.5) is 5.69 Å². The Morgan fingerprint density at radius 1 is 1.53 bits per heavy atom. The van der Waals surface area contributed by atoms with Crippen LogP contribution in [0, 0.1) is 16.0 Å². The fourth-order valence-electron chi connectivity index (χ4n) is 2.43. The van der Waals surface area contributed by atoms with Crippen molar-refractivity contribution >= 4 is 33.4 Å². The highest BCUT2D eigenvalue weighted by Crippen LogP contribution is 2.33. The van der Waals surface area contributed by atoms with Gasteiger partial charge in [0, 0.05) is 17.9 Å². The molecule has 1 fully saturated rings. The van der Waals surface area contributed by atoms with Gasteiger partial charge in [-0.1, -0.05) is 19.1 Å². The zero-order chi connectivity index (χ0) is 13.8. The summed E-state index contributed by atoms with van der Waals surface area (Å²) >= 11 is 5.33. The van der Waals surface area contributed by atoms with Gasteiger partial charge in [0.05, 0.1) is 9.40 Å². The molecule has 0 amide bonds. The van der Waals surface area contributed by atoms with Crippen LogP contribution in [0.1, 0.15) is 12.5 Å². The first kappa shape index (κ1) is 14.8. The number of nitro groups is 1. The van der Waals surface area contributed by atoms with Crippen molar-refractivity contribution in [3.05, 3.63) is 38.3 Å². The second-order valence-corrected chi connectivity index (χ2v) is 6.54. The maximum Gasteiger partial charge on any atom is 0.283 e. The van der Waals surface area contributed by atoms with Gasteiger partial charge in [0.15, 0.2) is 0 Å². The molecule has 0 spiro atoms. The van der Waals surface area contributed by atoms with E-state index in [4.69, 9.17) is 0 Å². The molecule has 104 valence electrons. The Morgan fingerprint density at radius 3 is 3.00 bits per heavy atom. The molecule has 6 heteroatoms. The number of hydrogen-bond acceptors (Lipinski definition) is 4. The first-order valence-corrected chi connectivity index (χ1v) is 8.31. The van der Waals surface area contributed by atoms with E-state index in [1.807, 2.05) is 17.8 Å².